The highest BCUT2D eigenvalue weighted by atomic mass is 16.5. The van der Waals surface area contributed by atoms with Crippen molar-refractivity contribution in [3.63, 3.8) is 0 Å². The summed E-state index contributed by atoms with van der Waals surface area (Å²) in [5.41, 5.74) is 1.23. The number of likely N-dealkylation sites (tertiary alicyclic amines) is 1. The van der Waals surface area contributed by atoms with E-state index >= 15 is 0 Å². The summed E-state index contributed by atoms with van der Waals surface area (Å²) in [4.78, 5) is 40.0. The van der Waals surface area contributed by atoms with Crippen molar-refractivity contribution in [2.24, 2.45) is 0 Å². The van der Waals surface area contributed by atoms with Gasteiger partial charge in [0.25, 0.3) is 11.5 Å². The van der Waals surface area contributed by atoms with Gasteiger partial charge in [-0.2, -0.15) is 0 Å². The van der Waals surface area contributed by atoms with Crippen molar-refractivity contribution in [2.75, 3.05) is 44.3 Å². The van der Waals surface area contributed by atoms with E-state index in [1.54, 1.807) is 30.6 Å². The summed E-state index contributed by atoms with van der Waals surface area (Å²) in [6.45, 7) is 3.91. The Hall–Kier alpha value is -2.74. The van der Waals surface area contributed by atoms with Gasteiger partial charge in [0.05, 0.1) is 18.9 Å². The molecule has 4 rings (SSSR count). The number of ether oxygens (including phenoxy) is 1. The smallest absolute Gasteiger partial charge is 0.253 e. The minimum absolute atomic E-state index is 0.00635. The van der Waals surface area contributed by atoms with Gasteiger partial charge in [0.2, 0.25) is 5.95 Å². The summed E-state index contributed by atoms with van der Waals surface area (Å²) in [5, 5.41) is 0. The lowest BCUT2D eigenvalue weighted by Gasteiger charge is -2.27. The predicted molar refractivity (Wildman–Crippen MR) is 95.4 cm³/mol. The molecule has 0 aliphatic carbocycles. The van der Waals surface area contributed by atoms with E-state index in [0.29, 0.717) is 50.9 Å². The van der Waals surface area contributed by atoms with Crippen molar-refractivity contribution in [1.29, 1.82) is 0 Å². The molecule has 1 N–H and O–H groups in total. The number of rotatable bonds is 3. The van der Waals surface area contributed by atoms with Gasteiger partial charge >= 0.3 is 0 Å². The number of aromatic nitrogens is 3. The number of pyridine rings is 1. The molecule has 2 aliphatic rings. The van der Waals surface area contributed by atoms with Crippen LogP contribution in [0.4, 0.5) is 5.95 Å². The molecule has 0 bridgehead atoms. The topological polar surface area (TPSA) is 91.4 Å². The lowest BCUT2D eigenvalue weighted by molar-refractivity contribution is 0.0790. The normalized spacial score (nSPS) is 20.4. The first-order chi connectivity index (χ1) is 12.7. The Morgan fingerprint density at radius 2 is 1.96 bits per heavy atom. The maximum absolute atomic E-state index is 12.6. The number of hydrogen-bond donors (Lipinski definition) is 1. The minimum atomic E-state index is -0.157. The second-order valence-corrected chi connectivity index (χ2v) is 6.57. The molecule has 0 saturated carbocycles. The second-order valence-electron chi connectivity index (χ2n) is 6.57. The number of morpholine rings is 1. The van der Waals surface area contributed by atoms with Crippen molar-refractivity contribution in [1.82, 2.24) is 19.9 Å². The molecular formula is C18H21N5O3. The van der Waals surface area contributed by atoms with Crippen LogP contribution in [-0.2, 0) is 4.74 Å². The van der Waals surface area contributed by atoms with Crippen LogP contribution < -0.4 is 10.5 Å². The molecule has 0 radical (unpaired) electrons. The highest BCUT2D eigenvalue weighted by Gasteiger charge is 2.29. The van der Waals surface area contributed by atoms with Crippen LogP contribution in [0.3, 0.4) is 0 Å². The number of nitrogens with zero attached hydrogens (tertiary/aromatic N) is 4. The van der Waals surface area contributed by atoms with Gasteiger partial charge in [0.1, 0.15) is 0 Å². The van der Waals surface area contributed by atoms with E-state index in [4.69, 9.17) is 4.74 Å². The van der Waals surface area contributed by atoms with E-state index in [1.807, 2.05) is 9.80 Å². The molecule has 2 aromatic rings. The van der Waals surface area contributed by atoms with Crippen LogP contribution in [0.2, 0.25) is 0 Å². The van der Waals surface area contributed by atoms with Crippen molar-refractivity contribution in [3.05, 3.63) is 52.2 Å². The van der Waals surface area contributed by atoms with E-state index < -0.39 is 0 Å². The fraction of sp³-hybridized carbons (Fsp3) is 0.444. The van der Waals surface area contributed by atoms with Crippen LogP contribution >= 0.6 is 0 Å². The fourth-order valence-corrected chi connectivity index (χ4v) is 3.46. The zero-order valence-corrected chi connectivity index (χ0v) is 14.4. The average molecular weight is 355 g/mol. The summed E-state index contributed by atoms with van der Waals surface area (Å²) < 4.78 is 5.35. The quantitative estimate of drug-likeness (QED) is 0.868. The molecule has 2 aliphatic heterocycles. The molecule has 1 atom stereocenters. The third kappa shape index (κ3) is 3.45. The zero-order chi connectivity index (χ0) is 17.9. The Labute approximate surface area is 150 Å². The van der Waals surface area contributed by atoms with Crippen LogP contribution in [0.5, 0.6) is 0 Å². The van der Waals surface area contributed by atoms with E-state index in [1.165, 1.54) is 0 Å². The third-order valence-corrected chi connectivity index (χ3v) is 4.88. The van der Waals surface area contributed by atoms with Crippen molar-refractivity contribution in [3.8, 4) is 0 Å². The molecule has 26 heavy (non-hydrogen) atoms. The van der Waals surface area contributed by atoms with Crippen LogP contribution in [0.25, 0.3) is 0 Å². The Bertz CT molecular complexity index is 832. The molecule has 8 heteroatoms. The summed E-state index contributed by atoms with van der Waals surface area (Å²) in [7, 11) is 0. The average Bonchev–Trinajstić information content (AvgIpc) is 3.18. The van der Waals surface area contributed by atoms with Gasteiger partial charge < -0.3 is 14.5 Å². The largest absolute Gasteiger partial charge is 0.378 e. The lowest BCUT2D eigenvalue weighted by atomic mass is 10.0. The van der Waals surface area contributed by atoms with Gasteiger partial charge in [0.15, 0.2) is 0 Å². The van der Waals surface area contributed by atoms with E-state index in [2.05, 4.69) is 15.0 Å². The van der Waals surface area contributed by atoms with Crippen LogP contribution in [-0.4, -0.2) is 65.2 Å². The Balaban J connectivity index is 1.51. The predicted octanol–water partition coefficient (Wildman–Crippen LogP) is 0.631. The molecule has 2 aromatic heterocycles. The van der Waals surface area contributed by atoms with Gasteiger partial charge in [-0.15, -0.1) is 0 Å². The first-order valence-electron chi connectivity index (χ1n) is 8.84. The van der Waals surface area contributed by atoms with Crippen molar-refractivity contribution < 1.29 is 9.53 Å². The van der Waals surface area contributed by atoms with Crippen LogP contribution in [0.15, 0.2) is 35.4 Å². The van der Waals surface area contributed by atoms with Crippen molar-refractivity contribution >= 4 is 11.9 Å². The SMILES string of the molecule is O=C(c1ccncc1)N1CCC(c2cc(=O)[nH]c(N3CCOCC3)n2)C1. The zero-order valence-electron chi connectivity index (χ0n) is 14.4. The molecule has 136 valence electrons. The maximum atomic E-state index is 12.6. The maximum Gasteiger partial charge on any atom is 0.253 e. The summed E-state index contributed by atoms with van der Waals surface area (Å²) in [6, 6.07) is 4.99. The monoisotopic (exact) mass is 355 g/mol. The van der Waals surface area contributed by atoms with E-state index in [-0.39, 0.29) is 17.4 Å². The van der Waals surface area contributed by atoms with Gasteiger partial charge in [-0.3, -0.25) is 19.6 Å². The van der Waals surface area contributed by atoms with Gasteiger partial charge in [0, 0.05) is 56.1 Å². The van der Waals surface area contributed by atoms with Crippen molar-refractivity contribution in [2.45, 2.75) is 12.3 Å². The van der Waals surface area contributed by atoms with Gasteiger partial charge in [-0.05, 0) is 18.6 Å². The second kappa shape index (κ2) is 7.25. The first kappa shape index (κ1) is 16.7. The molecular weight excluding hydrogens is 334 g/mol. The highest BCUT2D eigenvalue weighted by Crippen LogP contribution is 2.27. The minimum Gasteiger partial charge on any atom is -0.378 e. The number of carbonyl (C=O) groups excluding carboxylic acids is 1. The Morgan fingerprint density at radius 1 is 1.19 bits per heavy atom. The number of anilines is 1. The molecule has 0 aromatic carbocycles. The van der Waals surface area contributed by atoms with Gasteiger partial charge in [-0.1, -0.05) is 0 Å². The van der Waals surface area contributed by atoms with Crippen LogP contribution in [0.1, 0.15) is 28.4 Å². The van der Waals surface area contributed by atoms with Crippen LogP contribution in [0, 0.1) is 0 Å². The molecule has 2 saturated heterocycles. The fourth-order valence-electron chi connectivity index (χ4n) is 3.46. The molecule has 8 nitrogen and oxygen atoms in total. The molecule has 0 spiro atoms. The van der Waals surface area contributed by atoms with E-state index in [9.17, 15) is 9.59 Å². The number of aromatic amines is 1. The molecule has 1 unspecified atom stereocenters. The summed E-state index contributed by atoms with van der Waals surface area (Å²) >= 11 is 0. The van der Waals surface area contributed by atoms with Gasteiger partial charge in [-0.25, -0.2) is 4.98 Å². The standard InChI is InChI=1S/C18H21N5O3/c24-16-11-15(20-18(21-16)22-7-9-26-10-8-22)14-3-6-23(12-14)17(25)13-1-4-19-5-2-13/h1-2,4-5,11,14H,3,6-10,12H2,(H,20,21,24). The highest BCUT2D eigenvalue weighted by molar-refractivity contribution is 5.94. The third-order valence-electron chi connectivity index (χ3n) is 4.88. The summed E-state index contributed by atoms with van der Waals surface area (Å²) in [5.74, 6) is 0.658. The summed E-state index contributed by atoms with van der Waals surface area (Å²) in [6.07, 6.45) is 4.04. The molecule has 1 amide bonds. The lowest BCUT2D eigenvalue weighted by Crippen LogP contribution is -2.38. The molecule has 4 heterocycles. The molecule has 2 fully saturated rings. The Kier molecular flexibility index (Phi) is 4.66. The number of nitrogens with one attached hydrogen (secondary N) is 1. The van der Waals surface area contributed by atoms with E-state index in [0.717, 1.165) is 12.1 Å². The first-order valence-corrected chi connectivity index (χ1v) is 8.84. The number of H-pyrrole nitrogens is 1. The number of hydrogen-bond acceptors (Lipinski definition) is 6. The number of amides is 1. The Morgan fingerprint density at radius 3 is 2.73 bits per heavy atom. The number of carbonyl (C=O) groups is 1.